The topological polar surface area (TPSA) is 90.1 Å². The first-order valence-corrected chi connectivity index (χ1v) is 4.94. The molecule has 0 radical (unpaired) electrons. The largest absolute Gasteiger partial charge is 0.467 e. The van der Waals surface area contributed by atoms with Gasteiger partial charge in [-0.1, -0.05) is 0 Å². The molecule has 84 valence electrons. The second-order valence-electron chi connectivity index (χ2n) is 3.54. The molecule has 0 aliphatic carbocycles. The Morgan fingerprint density at radius 1 is 1.44 bits per heavy atom. The summed E-state index contributed by atoms with van der Waals surface area (Å²) in [4.78, 5) is 4.06. The van der Waals surface area contributed by atoms with Crippen LogP contribution in [0.2, 0.25) is 0 Å². The van der Waals surface area contributed by atoms with E-state index < -0.39 is 0 Å². The average Bonchev–Trinajstić information content (AvgIpc) is 2.77. The first kappa shape index (κ1) is 10.7. The number of hydrazine groups is 1. The molecule has 2 aromatic rings. The summed E-state index contributed by atoms with van der Waals surface area (Å²) >= 11 is 0. The molecule has 1 atom stereocenters. The number of hydrogen-bond acceptors (Lipinski definition) is 5. The first-order chi connectivity index (χ1) is 7.74. The highest BCUT2D eigenvalue weighted by molar-refractivity contribution is 5.48. The zero-order valence-electron chi connectivity index (χ0n) is 8.97. The minimum Gasteiger partial charge on any atom is -0.467 e. The molecule has 2 rings (SSSR count). The lowest BCUT2D eigenvalue weighted by Crippen LogP contribution is -2.30. The lowest BCUT2D eigenvalue weighted by atomic mass is 10.0. The van der Waals surface area contributed by atoms with Crippen LogP contribution in [0.4, 0.5) is 5.82 Å². The van der Waals surface area contributed by atoms with Crippen molar-refractivity contribution in [2.45, 2.75) is 13.0 Å². The van der Waals surface area contributed by atoms with Gasteiger partial charge >= 0.3 is 0 Å². The molecule has 5 heteroatoms. The van der Waals surface area contributed by atoms with Gasteiger partial charge in [0.1, 0.15) is 17.6 Å². The van der Waals surface area contributed by atoms with E-state index in [1.54, 1.807) is 12.5 Å². The van der Waals surface area contributed by atoms with Crippen LogP contribution < -0.4 is 17.0 Å². The number of furan rings is 1. The van der Waals surface area contributed by atoms with Crippen LogP contribution in [-0.4, -0.2) is 4.98 Å². The summed E-state index contributed by atoms with van der Waals surface area (Å²) in [7, 11) is 0. The zero-order chi connectivity index (χ0) is 11.5. The fourth-order valence-corrected chi connectivity index (χ4v) is 1.73. The van der Waals surface area contributed by atoms with Gasteiger partial charge in [0, 0.05) is 11.8 Å². The molecule has 0 aromatic carbocycles. The summed E-state index contributed by atoms with van der Waals surface area (Å²) < 4.78 is 5.33. The van der Waals surface area contributed by atoms with Crippen molar-refractivity contribution in [2.24, 2.45) is 5.84 Å². The van der Waals surface area contributed by atoms with Crippen molar-refractivity contribution in [1.82, 2.24) is 10.4 Å². The van der Waals surface area contributed by atoms with Crippen LogP contribution >= 0.6 is 0 Å². The van der Waals surface area contributed by atoms with Gasteiger partial charge in [0.2, 0.25) is 0 Å². The van der Waals surface area contributed by atoms with Gasteiger partial charge in [-0.25, -0.2) is 10.4 Å². The Balaban J connectivity index is 2.49. The van der Waals surface area contributed by atoms with E-state index in [9.17, 15) is 0 Å². The highest BCUT2D eigenvalue weighted by Crippen LogP contribution is 2.27. The zero-order valence-corrected chi connectivity index (χ0v) is 8.97. The van der Waals surface area contributed by atoms with Crippen molar-refractivity contribution in [3.05, 3.63) is 47.5 Å². The van der Waals surface area contributed by atoms with Crippen molar-refractivity contribution in [3.8, 4) is 0 Å². The molecule has 0 bridgehead atoms. The van der Waals surface area contributed by atoms with Crippen LogP contribution in [0, 0.1) is 6.92 Å². The number of aromatic nitrogens is 1. The molecule has 0 aliphatic rings. The second kappa shape index (κ2) is 4.34. The van der Waals surface area contributed by atoms with E-state index in [1.807, 2.05) is 25.1 Å². The van der Waals surface area contributed by atoms with Crippen molar-refractivity contribution < 1.29 is 4.42 Å². The van der Waals surface area contributed by atoms with Crippen LogP contribution in [0.5, 0.6) is 0 Å². The number of rotatable bonds is 3. The van der Waals surface area contributed by atoms with Crippen molar-refractivity contribution in [3.63, 3.8) is 0 Å². The molecular formula is C11H14N4O. The van der Waals surface area contributed by atoms with E-state index in [-0.39, 0.29) is 6.04 Å². The molecule has 5 N–H and O–H groups in total. The first-order valence-electron chi connectivity index (χ1n) is 4.94. The van der Waals surface area contributed by atoms with E-state index >= 15 is 0 Å². The number of aryl methyl sites for hydroxylation is 1. The predicted octanol–water partition coefficient (Wildman–Crippen LogP) is 1.12. The normalized spacial score (nSPS) is 12.6. The fraction of sp³-hybridized carbons (Fsp3) is 0.182. The Labute approximate surface area is 93.4 Å². The standard InChI is InChI=1S/C11H14N4O/c1-7-4-5-14-11(12)9(7)10(15-13)8-3-2-6-16-8/h2-6,10,15H,13H2,1H3,(H2,12,14). The molecule has 0 aliphatic heterocycles. The number of pyridine rings is 1. The number of nitrogen functional groups attached to an aromatic ring is 1. The minimum atomic E-state index is -0.274. The molecule has 2 heterocycles. The van der Waals surface area contributed by atoms with Crippen LogP contribution in [0.1, 0.15) is 22.9 Å². The van der Waals surface area contributed by atoms with Gasteiger partial charge in [0.25, 0.3) is 0 Å². The lowest BCUT2D eigenvalue weighted by Gasteiger charge is -2.17. The number of nitrogens with zero attached hydrogens (tertiary/aromatic N) is 1. The van der Waals surface area contributed by atoms with Gasteiger partial charge in [-0.3, -0.25) is 5.84 Å². The van der Waals surface area contributed by atoms with Crippen LogP contribution in [-0.2, 0) is 0 Å². The number of nitrogens with two attached hydrogens (primary N) is 2. The maximum Gasteiger partial charge on any atom is 0.128 e. The quantitative estimate of drug-likeness (QED) is 0.530. The molecule has 2 aromatic heterocycles. The summed E-state index contributed by atoms with van der Waals surface area (Å²) in [6, 6.07) is 5.26. The smallest absolute Gasteiger partial charge is 0.128 e. The molecule has 1 unspecified atom stereocenters. The maximum absolute atomic E-state index is 5.86. The van der Waals surface area contributed by atoms with Crippen LogP contribution in [0.15, 0.2) is 35.1 Å². The molecule has 0 amide bonds. The highest BCUT2D eigenvalue weighted by atomic mass is 16.3. The summed E-state index contributed by atoms with van der Waals surface area (Å²) in [5, 5.41) is 0. The molecular weight excluding hydrogens is 204 g/mol. The summed E-state index contributed by atoms with van der Waals surface area (Å²) in [5.41, 5.74) is 10.4. The third-order valence-corrected chi connectivity index (χ3v) is 2.52. The molecule has 0 saturated heterocycles. The highest BCUT2D eigenvalue weighted by Gasteiger charge is 2.20. The van der Waals surface area contributed by atoms with Crippen molar-refractivity contribution in [2.75, 3.05) is 5.73 Å². The maximum atomic E-state index is 5.86. The molecule has 16 heavy (non-hydrogen) atoms. The number of anilines is 1. The third-order valence-electron chi connectivity index (χ3n) is 2.52. The predicted molar refractivity (Wildman–Crippen MR) is 61.3 cm³/mol. The van der Waals surface area contributed by atoms with E-state index in [1.165, 1.54) is 0 Å². The van der Waals surface area contributed by atoms with Gasteiger partial charge in [-0.2, -0.15) is 0 Å². The second-order valence-corrected chi connectivity index (χ2v) is 3.54. The lowest BCUT2D eigenvalue weighted by molar-refractivity contribution is 0.451. The van der Waals surface area contributed by atoms with Crippen molar-refractivity contribution >= 4 is 5.82 Å². The summed E-state index contributed by atoms with van der Waals surface area (Å²) in [6.07, 6.45) is 3.27. The van der Waals surface area contributed by atoms with Gasteiger partial charge in [-0.05, 0) is 30.7 Å². The summed E-state index contributed by atoms with van der Waals surface area (Å²) in [6.45, 7) is 1.96. The Bertz CT molecular complexity index is 447. The molecule has 0 fully saturated rings. The Kier molecular flexibility index (Phi) is 2.89. The summed E-state index contributed by atoms with van der Waals surface area (Å²) in [5.74, 6) is 6.71. The molecule has 0 saturated carbocycles. The fourth-order valence-electron chi connectivity index (χ4n) is 1.73. The monoisotopic (exact) mass is 218 g/mol. The van der Waals surface area contributed by atoms with Crippen molar-refractivity contribution in [1.29, 1.82) is 0 Å². The van der Waals surface area contributed by atoms with Gasteiger partial charge in [0.15, 0.2) is 0 Å². The number of hydrogen-bond donors (Lipinski definition) is 3. The SMILES string of the molecule is Cc1ccnc(N)c1C(NN)c1ccco1. The molecule has 5 nitrogen and oxygen atoms in total. The van der Waals surface area contributed by atoms with Gasteiger partial charge in [-0.15, -0.1) is 0 Å². The minimum absolute atomic E-state index is 0.274. The van der Waals surface area contributed by atoms with E-state index in [0.717, 1.165) is 11.1 Å². The number of nitrogens with one attached hydrogen (secondary N) is 1. The van der Waals surface area contributed by atoms with E-state index in [4.69, 9.17) is 16.0 Å². The Morgan fingerprint density at radius 2 is 2.25 bits per heavy atom. The van der Waals surface area contributed by atoms with E-state index in [2.05, 4.69) is 10.4 Å². The van der Waals surface area contributed by atoms with Gasteiger partial charge in [0.05, 0.1) is 6.26 Å². The van der Waals surface area contributed by atoms with Crippen LogP contribution in [0.3, 0.4) is 0 Å². The third kappa shape index (κ3) is 1.78. The Hall–Kier alpha value is -1.85. The Morgan fingerprint density at radius 3 is 2.81 bits per heavy atom. The average molecular weight is 218 g/mol. The van der Waals surface area contributed by atoms with E-state index in [0.29, 0.717) is 11.6 Å². The molecule has 0 spiro atoms. The van der Waals surface area contributed by atoms with Crippen LogP contribution in [0.25, 0.3) is 0 Å². The van der Waals surface area contributed by atoms with Gasteiger partial charge < -0.3 is 10.2 Å².